The average Bonchev–Trinajstić information content (AvgIpc) is 3.66. The van der Waals surface area contributed by atoms with Crippen molar-refractivity contribution < 1.29 is 9.90 Å². The van der Waals surface area contributed by atoms with E-state index in [-0.39, 0.29) is 40.9 Å². The van der Waals surface area contributed by atoms with Crippen LogP contribution in [-0.4, -0.2) is 25.9 Å². The number of aromatic hydroxyl groups is 1. The van der Waals surface area contributed by atoms with Crippen LogP contribution in [0.1, 0.15) is 57.2 Å². The van der Waals surface area contributed by atoms with Crippen molar-refractivity contribution in [2.45, 2.75) is 51.6 Å². The maximum Gasteiger partial charge on any atom is 0.334 e. The van der Waals surface area contributed by atoms with Crippen LogP contribution >= 0.6 is 0 Å². The van der Waals surface area contributed by atoms with Gasteiger partial charge >= 0.3 is 5.69 Å². The molecule has 1 N–H and O–H groups in total. The third kappa shape index (κ3) is 3.22. The molecular formula is C23H24N4O4. The van der Waals surface area contributed by atoms with E-state index in [4.69, 9.17) is 0 Å². The SMILES string of the molecule is CC(C)C1=NN(c2ccccc2)C(=O)/C1=C\c1c(O)n(C2CC2)c(=O)n(C2CC2)c1=O. The van der Waals surface area contributed by atoms with E-state index in [1.54, 1.807) is 12.1 Å². The Morgan fingerprint density at radius 1 is 1.00 bits per heavy atom. The number of hydrazone groups is 1. The molecule has 2 aliphatic carbocycles. The molecule has 2 saturated carbocycles. The van der Waals surface area contributed by atoms with Gasteiger partial charge in [0.15, 0.2) is 0 Å². The quantitative estimate of drug-likeness (QED) is 0.752. The Bertz CT molecular complexity index is 1240. The maximum atomic E-state index is 13.3. The van der Waals surface area contributed by atoms with E-state index < -0.39 is 11.2 Å². The maximum absolute atomic E-state index is 13.3. The lowest BCUT2D eigenvalue weighted by molar-refractivity contribution is -0.114. The molecule has 0 radical (unpaired) electrons. The molecule has 8 heteroatoms. The van der Waals surface area contributed by atoms with Crippen molar-refractivity contribution in [3.8, 4) is 5.88 Å². The third-order valence-electron chi connectivity index (χ3n) is 5.90. The van der Waals surface area contributed by atoms with Gasteiger partial charge in [0.1, 0.15) is 5.56 Å². The van der Waals surface area contributed by atoms with Crippen LogP contribution in [-0.2, 0) is 4.79 Å². The number of rotatable bonds is 5. The molecule has 1 aliphatic heterocycles. The van der Waals surface area contributed by atoms with E-state index in [1.807, 2.05) is 32.0 Å². The number of hydrogen-bond acceptors (Lipinski definition) is 5. The summed E-state index contributed by atoms with van der Waals surface area (Å²) < 4.78 is 2.55. The molecule has 160 valence electrons. The van der Waals surface area contributed by atoms with E-state index in [1.165, 1.54) is 20.2 Å². The smallest absolute Gasteiger partial charge is 0.334 e. The van der Waals surface area contributed by atoms with Crippen LogP contribution in [0.5, 0.6) is 5.88 Å². The van der Waals surface area contributed by atoms with E-state index in [0.717, 1.165) is 25.7 Å². The van der Waals surface area contributed by atoms with E-state index in [9.17, 15) is 19.5 Å². The van der Waals surface area contributed by atoms with Gasteiger partial charge in [0.25, 0.3) is 11.5 Å². The second kappa shape index (κ2) is 7.08. The highest BCUT2D eigenvalue weighted by molar-refractivity contribution is 6.33. The first-order chi connectivity index (χ1) is 14.9. The number of anilines is 1. The van der Waals surface area contributed by atoms with Gasteiger partial charge in [0.2, 0.25) is 5.88 Å². The second-order valence-electron chi connectivity index (χ2n) is 8.68. The van der Waals surface area contributed by atoms with Gasteiger partial charge in [-0.15, -0.1) is 0 Å². The monoisotopic (exact) mass is 420 g/mol. The first-order valence-electron chi connectivity index (χ1n) is 10.7. The predicted octanol–water partition coefficient (Wildman–Crippen LogP) is 2.83. The highest BCUT2D eigenvalue weighted by Gasteiger charge is 2.37. The molecule has 1 aromatic heterocycles. The van der Waals surface area contributed by atoms with Gasteiger partial charge in [-0.25, -0.2) is 4.79 Å². The summed E-state index contributed by atoms with van der Waals surface area (Å²) in [4.78, 5) is 39.3. The summed E-state index contributed by atoms with van der Waals surface area (Å²) in [6.07, 6.45) is 4.51. The van der Waals surface area contributed by atoms with Crippen LogP contribution in [0.3, 0.4) is 0 Å². The minimum Gasteiger partial charge on any atom is -0.494 e. The van der Waals surface area contributed by atoms with Crippen LogP contribution in [0, 0.1) is 5.92 Å². The average molecular weight is 420 g/mol. The topological polar surface area (TPSA) is 96.9 Å². The zero-order valence-electron chi connectivity index (χ0n) is 17.5. The Balaban J connectivity index is 1.68. The number of nitrogens with zero attached hydrogens (tertiary/aromatic N) is 4. The fourth-order valence-corrected chi connectivity index (χ4v) is 3.97. The second-order valence-corrected chi connectivity index (χ2v) is 8.68. The van der Waals surface area contributed by atoms with Gasteiger partial charge in [-0.3, -0.25) is 18.7 Å². The van der Waals surface area contributed by atoms with Crippen LogP contribution in [0.4, 0.5) is 5.69 Å². The molecule has 1 amide bonds. The number of hydrogen-bond donors (Lipinski definition) is 1. The fourth-order valence-electron chi connectivity index (χ4n) is 3.97. The van der Waals surface area contributed by atoms with Gasteiger partial charge in [0, 0.05) is 12.1 Å². The van der Waals surface area contributed by atoms with Crippen LogP contribution in [0.2, 0.25) is 0 Å². The van der Waals surface area contributed by atoms with E-state index in [0.29, 0.717) is 11.4 Å². The molecule has 0 saturated heterocycles. The van der Waals surface area contributed by atoms with Crippen LogP contribution < -0.4 is 16.3 Å². The summed E-state index contributed by atoms with van der Waals surface area (Å²) in [5, 5.41) is 16.7. The van der Waals surface area contributed by atoms with E-state index in [2.05, 4.69) is 5.10 Å². The number of para-hydroxylation sites is 1. The fraction of sp³-hybridized carbons (Fsp3) is 0.391. The van der Waals surface area contributed by atoms with Crippen molar-refractivity contribution >= 4 is 23.4 Å². The van der Waals surface area contributed by atoms with Crippen molar-refractivity contribution in [2.75, 3.05) is 5.01 Å². The molecule has 0 spiro atoms. The normalized spacial score (nSPS) is 20.1. The first-order valence-corrected chi connectivity index (χ1v) is 10.7. The Labute approximate surface area is 178 Å². The highest BCUT2D eigenvalue weighted by atomic mass is 16.3. The van der Waals surface area contributed by atoms with Gasteiger partial charge in [-0.2, -0.15) is 10.1 Å². The van der Waals surface area contributed by atoms with Gasteiger partial charge in [-0.05, 0) is 49.8 Å². The number of carbonyl (C=O) groups is 1. The van der Waals surface area contributed by atoms with Crippen molar-refractivity contribution in [1.29, 1.82) is 0 Å². The van der Waals surface area contributed by atoms with Gasteiger partial charge < -0.3 is 5.11 Å². The Kier molecular flexibility index (Phi) is 4.46. The molecule has 2 heterocycles. The molecular weight excluding hydrogens is 396 g/mol. The summed E-state index contributed by atoms with van der Waals surface area (Å²) in [6, 6.07) is 8.82. The lowest BCUT2D eigenvalue weighted by Gasteiger charge is -2.14. The Hall–Kier alpha value is -3.42. The summed E-state index contributed by atoms with van der Waals surface area (Å²) in [5.74, 6) is -0.808. The molecule has 2 fully saturated rings. The summed E-state index contributed by atoms with van der Waals surface area (Å²) >= 11 is 0. The minimum absolute atomic E-state index is 0.0231. The number of amides is 1. The lowest BCUT2D eigenvalue weighted by Crippen LogP contribution is -2.40. The van der Waals surface area contributed by atoms with Crippen LogP contribution in [0.15, 0.2) is 50.6 Å². The standard InChI is InChI=1S/C23H24N4O4/c1-13(2)19-17(22(30)27(24-19)16-6-4-3-5-7-16)12-18-20(28)25(14-8-9-14)23(31)26(21(18)29)15-10-11-15/h3-7,12-15,28H,8-11H2,1-2H3/b17-12-. The summed E-state index contributed by atoms with van der Waals surface area (Å²) in [5.41, 5.74) is 0.380. The number of benzene rings is 1. The Morgan fingerprint density at radius 2 is 1.61 bits per heavy atom. The number of aromatic nitrogens is 2. The zero-order chi connectivity index (χ0) is 21.9. The van der Waals surface area contributed by atoms with Gasteiger partial charge in [-0.1, -0.05) is 32.0 Å². The van der Waals surface area contributed by atoms with Crippen molar-refractivity contribution in [3.63, 3.8) is 0 Å². The Morgan fingerprint density at radius 3 is 2.19 bits per heavy atom. The minimum atomic E-state index is -0.552. The number of carbonyl (C=O) groups excluding carboxylic acids is 1. The zero-order valence-corrected chi connectivity index (χ0v) is 17.5. The summed E-state index contributed by atoms with van der Waals surface area (Å²) in [6.45, 7) is 3.84. The largest absolute Gasteiger partial charge is 0.494 e. The van der Waals surface area contributed by atoms with Crippen LogP contribution in [0.25, 0.3) is 6.08 Å². The van der Waals surface area contributed by atoms with Gasteiger partial charge in [0.05, 0.1) is 17.0 Å². The van der Waals surface area contributed by atoms with E-state index >= 15 is 0 Å². The highest BCUT2D eigenvalue weighted by Crippen LogP contribution is 2.39. The van der Waals surface area contributed by atoms with Crippen molar-refractivity contribution in [3.05, 3.63) is 62.3 Å². The van der Waals surface area contributed by atoms with Crippen molar-refractivity contribution in [1.82, 2.24) is 9.13 Å². The molecule has 31 heavy (non-hydrogen) atoms. The molecule has 2 aromatic rings. The molecule has 8 nitrogen and oxygen atoms in total. The molecule has 0 bridgehead atoms. The lowest BCUT2D eigenvalue weighted by atomic mass is 9.98. The molecule has 1 aromatic carbocycles. The molecule has 3 aliphatic rings. The molecule has 0 atom stereocenters. The molecule has 0 unspecified atom stereocenters. The summed E-state index contributed by atoms with van der Waals surface area (Å²) in [7, 11) is 0. The van der Waals surface area contributed by atoms with Crippen molar-refractivity contribution in [2.24, 2.45) is 11.0 Å². The first kappa shape index (κ1) is 19.5. The molecule has 5 rings (SSSR count). The predicted molar refractivity (Wildman–Crippen MR) is 117 cm³/mol. The third-order valence-corrected chi connectivity index (χ3v) is 5.90.